The Morgan fingerprint density at radius 1 is 1.28 bits per heavy atom. The number of carbonyl (C=O) groups excluding carboxylic acids is 1. The van der Waals surface area contributed by atoms with Gasteiger partial charge in [0.05, 0.1) is 38.9 Å². The molecule has 0 unspecified atom stereocenters. The zero-order valence-corrected chi connectivity index (χ0v) is 17.2. The maximum Gasteiger partial charge on any atom is 0.251 e. The Hall–Kier alpha value is -2.97. The summed E-state index contributed by atoms with van der Waals surface area (Å²) < 4.78 is 6.51. The number of halogens is 1. The molecule has 9 heteroatoms. The number of hydrogen-bond donors (Lipinski definition) is 2. The minimum Gasteiger partial charge on any atom is -0.493 e. The summed E-state index contributed by atoms with van der Waals surface area (Å²) in [5, 5.41) is 13.9. The van der Waals surface area contributed by atoms with Crippen molar-refractivity contribution in [2.75, 3.05) is 13.2 Å². The predicted molar refractivity (Wildman–Crippen MR) is 114 cm³/mol. The topological polar surface area (TPSA) is 92.8 Å². The van der Waals surface area contributed by atoms with Crippen molar-refractivity contribution in [2.45, 2.75) is 13.3 Å². The van der Waals surface area contributed by atoms with Crippen molar-refractivity contribution in [2.24, 2.45) is 0 Å². The van der Waals surface area contributed by atoms with E-state index in [1.165, 1.54) is 11.3 Å². The Balaban J connectivity index is 1.61. The molecule has 4 aromatic rings. The van der Waals surface area contributed by atoms with E-state index in [1.807, 2.05) is 31.2 Å². The summed E-state index contributed by atoms with van der Waals surface area (Å²) in [6.07, 6.45) is 2.27. The molecule has 148 valence electrons. The molecule has 0 aliphatic heterocycles. The Labute approximate surface area is 176 Å². The molecule has 3 heterocycles. The number of benzene rings is 1. The number of ether oxygens (including phenoxy) is 1. The fourth-order valence-electron chi connectivity index (χ4n) is 2.94. The molecule has 0 radical (unpaired) electrons. The average Bonchev–Trinajstić information content (AvgIpc) is 3.39. The van der Waals surface area contributed by atoms with E-state index >= 15 is 0 Å². The molecule has 0 fully saturated rings. The molecule has 1 amide bonds. The molecular formula is C20H18ClN5O2S. The number of aromatic nitrogens is 4. The van der Waals surface area contributed by atoms with Crippen LogP contribution in [0.25, 0.3) is 21.5 Å². The van der Waals surface area contributed by atoms with E-state index in [4.69, 9.17) is 21.3 Å². The van der Waals surface area contributed by atoms with E-state index in [2.05, 4.69) is 20.7 Å². The molecule has 1 aromatic carbocycles. The van der Waals surface area contributed by atoms with Crippen LogP contribution in [0.5, 0.6) is 5.75 Å². The minimum absolute atomic E-state index is 0.163. The fourth-order valence-corrected chi connectivity index (χ4v) is 3.95. The molecule has 0 spiro atoms. The van der Waals surface area contributed by atoms with Gasteiger partial charge >= 0.3 is 0 Å². The third-order valence-electron chi connectivity index (χ3n) is 4.30. The number of nitrogens with one attached hydrogen (secondary N) is 2. The third kappa shape index (κ3) is 4.38. The molecular weight excluding hydrogens is 410 g/mol. The number of carbonyl (C=O) groups is 1. The summed E-state index contributed by atoms with van der Waals surface area (Å²) in [6, 6.07) is 11.1. The number of amides is 1. The first-order chi connectivity index (χ1) is 14.1. The van der Waals surface area contributed by atoms with Gasteiger partial charge in [-0.3, -0.25) is 9.89 Å². The molecule has 4 rings (SSSR count). The van der Waals surface area contributed by atoms with Crippen LogP contribution in [-0.2, 0) is 6.42 Å². The number of nitrogens with zero attached hydrogens (tertiary/aromatic N) is 3. The maximum atomic E-state index is 12.6. The van der Waals surface area contributed by atoms with Crippen molar-refractivity contribution >= 4 is 39.7 Å². The highest BCUT2D eigenvalue weighted by Gasteiger charge is 2.13. The molecule has 0 bridgehead atoms. The number of hydrogen-bond acceptors (Lipinski definition) is 6. The van der Waals surface area contributed by atoms with E-state index in [1.54, 1.807) is 18.3 Å². The van der Waals surface area contributed by atoms with Gasteiger partial charge < -0.3 is 10.1 Å². The SMILES string of the molecule is CCOc1cc(-c2ccc(Cl)s2)nc2cc(C(=O)NCCc3cnn[nH]3)ccc12. The van der Waals surface area contributed by atoms with Crippen LogP contribution >= 0.6 is 22.9 Å². The Bertz CT molecular complexity index is 1140. The summed E-state index contributed by atoms with van der Waals surface area (Å²) in [6.45, 7) is 2.95. The number of fused-ring (bicyclic) bond motifs is 1. The lowest BCUT2D eigenvalue weighted by molar-refractivity contribution is 0.0954. The monoisotopic (exact) mass is 427 g/mol. The molecule has 7 nitrogen and oxygen atoms in total. The van der Waals surface area contributed by atoms with Gasteiger partial charge in [-0.05, 0) is 37.3 Å². The normalized spacial score (nSPS) is 11.0. The summed E-state index contributed by atoms with van der Waals surface area (Å²) in [5.74, 6) is 0.569. The van der Waals surface area contributed by atoms with Crippen LogP contribution in [0.2, 0.25) is 4.34 Å². The highest BCUT2D eigenvalue weighted by molar-refractivity contribution is 7.19. The van der Waals surface area contributed by atoms with Crippen LogP contribution in [0.15, 0.2) is 42.6 Å². The zero-order chi connectivity index (χ0) is 20.2. The smallest absolute Gasteiger partial charge is 0.251 e. The van der Waals surface area contributed by atoms with Gasteiger partial charge in [0.25, 0.3) is 5.91 Å². The summed E-state index contributed by atoms with van der Waals surface area (Å²) in [7, 11) is 0. The number of pyridine rings is 1. The van der Waals surface area contributed by atoms with Gasteiger partial charge in [-0.25, -0.2) is 4.98 Å². The molecule has 0 saturated heterocycles. The van der Waals surface area contributed by atoms with Crippen molar-refractivity contribution in [3.8, 4) is 16.3 Å². The number of H-pyrrole nitrogens is 1. The summed E-state index contributed by atoms with van der Waals surface area (Å²) in [4.78, 5) is 18.2. The van der Waals surface area contributed by atoms with Crippen LogP contribution in [0.4, 0.5) is 0 Å². The largest absolute Gasteiger partial charge is 0.493 e. The lowest BCUT2D eigenvalue weighted by atomic mass is 10.1. The van der Waals surface area contributed by atoms with E-state index in [9.17, 15) is 4.79 Å². The standard InChI is InChI=1S/C20H18ClN5O2S/c1-2-28-17-10-16(18-5-6-19(21)29-18)24-15-9-12(3-4-14(15)17)20(27)22-8-7-13-11-23-26-25-13/h3-6,9-11H,2,7-8H2,1H3,(H,22,27)(H,23,25,26). The molecule has 2 N–H and O–H groups in total. The van der Waals surface area contributed by atoms with Gasteiger partial charge in [0.15, 0.2) is 0 Å². The lowest BCUT2D eigenvalue weighted by Gasteiger charge is -2.11. The molecule has 0 aliphatic rings. The van der Waals surface area contributed by atoms with Gasteiger partial charge in [-0.1, -0.05) is 16.8 Å². The van der Waals surface area contributed by atoms with E-state index < -0.39 is 0 Å². The van der Waals surface area contributed by atoms with Crippen LogP contribution < -0.4 is 10.1 Å². The lowest BCUT2D eigenvalue weighted by Crippen LogP contribution is -2.25. The minimum atomic E-state index is -0.163. The number of aromatic amines is 1. The Morgan fingerprint density at radius 3 is 2.90 bits per heavy atom. The Morgan fingerprint density at radius 2 is 2.17 bits per heavy atom. The van der Waals surface area contributed by atoms with Gasteiger partial charge in [0.2, 0.25) is 0 Å². The van der Waals surface area contributed by atoms with Crippen LogP contribution in [0.3, 0.4) is 0 Å². The number of rotatable bonds is 7. The first kappa shape index (κ1) is 19.4. The summed E-state index contributed by atoms with van der Waals surface area (Å²) >= 11 is 7.53. The molecule has 0 atom stereocenters. The third-order valence-corrected chi connectivity index (χ3v) is 5.56. The van der Waals surface area contributed by atoms with Gasteiger partial charge in [0, 0.05) is 30.0 Å². The average molecular weight is 428 g/mol. The number of thiophene rings is 1. The van der Waals surface area contributed by atoms with Crippen molar-refractivity contribution in [1.82, 2.24) is 25.7 Å². The second-order valence-corrected chi connectivity index (χ2v) is 7.98. The second-order valence-electron chi connectivity index (χ2n) is 6.26. The molecule has 0 aliphatic carbocycles. The van der Waals surface area contributed by atoms with Crippen LogP contribution in [0.1, 0.15) is 23.0 Å². The maximum absolute atomic E-state index is 12.6. The van der Waals surface area contributed by atoms with Crippen molar-refractivity contribution < 1.29 is 9.53 Å². The predicted octanol–water partition coefficient (Wildman–Crippen LogP) is 4.11. The molecule has 3 aromatic heterocycles. The molecule has 29 heavy (non-hydrogen) atoms. The van der Waals surface area contributed by atoms with Crippen molar-refractivity contribution in [3.63, 3.8) is 0 Å². The zero-order valence-electron chi connectivity index (χ0n) is 15.6. The van der Waals surface area contributed by atoms with E-state index in [-0.39, 0.29) is 5.91 Å². The Kier molecular flexibility index (Phi) is 5.73. The van der Waals surface area contributed by atoms with E-state index in [0.717, 1.165) is 27.4 Å². The van der Waals surface area contributed by atoms with Crippen LogP contribution in [0, 0.1) is 0 Å². The van der Waals surface area contributed by atoms with Gasteiger partial charge in [-0.15, -0.1) is 16.4 Å². The van der Waals surface area contributed by atoms with Crippen molar-refractivity contribution in [3.05, 3.63) is 58.2 Å². The first-order valence-corrected chi connectivity index (χ1v) is 10.3. The fraction of sp³-hybridized carbons (Fsp3) is 0.200. The van der Waals surface area contributed by atoms with Crippen LogP contribution in [-0.4, -0.2) is 39.5 Å². The molecule has 0 saturated carbocycles. The quantitative estimate of drug-likeness (QED) is 0.463. The highest BCUT2D eigenvalue weighted by Crippen LogP contribution is 2.35. The summed E-state index contributed by atoms with van der Waals surface area (Å²) in [5.41, 5.74) is 2.87. The van der Waals surface area contributed by atoms with Gasteiger partial charge in [-0.2, -0.15) is 0 Å². The van der Waals surface area contributed by atoms with Crippen molar-refractivity contribution in [1.29, 1.82) is 0 Å². The highest BCUT2D eigenvalue weighted by atomic mass is 35.5. The van der Waals surface area contributed by atoms with E-state index in [0.29, 0.717) is 35.0 Å². The first-order valence-electron chi connectivity index (χ1n) is 9.10. The second kappa shape index (κ2) is 8.59. The van der Waals surface area contributed by atoms with Gasteiger partial charge in [0.1, 0.15) is 5.75 Å².